The van der Waals surface area contributed by atoms with E-state index in [2.05, 4.69) is 0 Å². The van der Waals surface area contributed by atoms with Gasteiger partial charge in [0.2, 0.25) is 0 Å². The molecule has 0 saturated carbocycles. The third-order valence-electron chi connectivity index (χ3n) is 11.9. The summed E-state index contributed by atoms with van der Waals surface area (Å²) in [6, 6.07) is 8.66. The van der Waals surface area contributed by atoms with Crippen molar-refractivity contribution in [2.45, 2.75) is 98.7 Å². The van der Waals surface area contributed by atoms with Gasteiger partial charge in [-0.05, 0) is 29.8 Å². The molecule has 16 N–H and O–H groups in total. The zero-order valence-corrected chi connectivity index (χ0v) is 33.1. The maximum absolute atomic E-state index is 11.7. The molecular formula is C42H46O22. The van der Waals surface area contributed by atoms with Gasteiger partial charge in [-0.25, -0.2) is 0 Å². The normalized spacial score (nSPS) is 32.5. The van der Waals surface area contributed by atoms with Crippen LogP contribution < -0.4 is 9.47 Å². The Kier molecular flexibility index (Phi) is 12.2. The maximum Gasteiger partial charge on any atom is 0.187 e. The summed E-state index contributed by atoms with van der Waals surface area (Å²) in [5, 5.41) is 170. The first-order valence-corrected chi connectivity index (χ1v) is 19.9. The largest absolute Gasteiger partial charge is 0.508 e. The van der Waals surface area contributed by atoms with Gasteiger partial charge < -0.3 is 110 Å². The number of hydrogen-bond donors (Lipinski definition) is 16. The van der Waals surface area contributed by atoms with Gasteiger partial charge in [0.25, 0.3) is 0 Å². The van der Waals surface area contributed by atoms with Gasteiger partial charge >= 0.3 is 0 Å². The van der Waals surface area contributed by atoms with Crippen LogP contribution >= 0.6 is 0 Å². The molecule has 4 aromatic rings. The van der Waals surface area contributed by atoms with Crippen LogP contribution in [0.1, 0.15) is 34.5 Å². The lowest BCUT2D eigenvalue weighted by molar-refractivity contribution is -0.317. The monoisotopic (exact) mass is 902 g/mol. The predicted octanol–water partition coefficient (Wildman–Crippen LogP) is -1.28. The lowest BCUT2D eigenvalue weighted by Gasteiger charge is -2.43. The second-order valence-corrected chi connectivity index (χ2v) is 15.9. The van der Waals surface area contributed by atoms with Crippen LogP contribution in [0.25, 0.3) is 11.1 Å². The molecule has 0 amide bonds. The molecule has 0 aromatic heterocycles. The molecule has 4 heterocycles. The van der Waals surface area contributed by atoms with Gasteiger partial charge in [-0.15, -0.1) is 0 Å². The highest BCUT2D eigenvalue weighted by atomic mass is 16.7. The van der Waals surface area contributed by atoms with Crippen molar-refractivity contribution < 1.29 is 110 Å². The van der Waals surface area contributed by atoms with Gasteiger partial charge in [0.15, 0.2) is 47.8 Å². The van der Waals surface area contributed by atoms with Crippen molar-refractivity contribution >= 4 is 0 Å². The molecule has 4 aliphatic heterocycles. The van der Waals surface area contributed by atoms with Gasteiger partial charge in [0, 0.05) is 53.3 Å². The fourth-order valence-corrected chi connectivity index (χ4v) is 8.47. The van der Waals surface area contributed by atoms with E-state index >= 15 is 0 Å². The van der Waals surface area contributed by atoms with Crippen LogP contribution in [-0.4, -0.2) is 169 Å². The topological polar surface area (TPSA) is 379 Å². The van der Waals surface area contributed by atoms with Crippen molar-refractivity contribution in [3.63, 3.8) is 0 Å². The van der Waals surface area contributed by atoms with Crippen molar-refractivity contribution in [3.05, 3.63) is 70.8 Å². The first kappa shape index (κ1) is 45.0. The van der Waals surface area contributed by atoms with E-state index in [0.29, 0.717) is 0 Å². The summed E-state index contributed by atoms with van der Waals surface area (Å²) in [6.45, 7) is -1.60. The molecule has 2 fully saturated rings. The summed E-state index contributed by atoms with van der Waals surface area (Å²) in [4.78, 5) is 0. The Balaban J connectivity index is 1.26. The third-order valence-corrected chi connectivity index (χ3v) is 11.9. The Morgan fingerprint density at radius 2 is 1.05 bits per heavy atom. The van der Waals surface area contributed by atoms with Gasteiger partial charge in [0.05, 0.1) is 18.8 Å². The van der Waals surface area contributed by atoms with Gasteiger partial charge in [-0.3, -0.25) is 0 Å². The summed E-state index contributed by atoms with van der Waals surface area (Å²) in [5.41, 5.74) is -0.491. The Morgan fingerprint density at radius 3 is 1.64 bits per heavy atom. The number of aliphatic hydroxyl groups is 8. The van der Waals surface area contributed by atoms with Crippen molar-refractivity contribution in [1.82, 2.24) is 0 Å². The Morgan fingerprint density at radius 1 is 0.500 bits per heavy atom. The van der Waals surface area contributed by atoms with E-state index in [-0.39, 0.29) is 57.7 Å². The van der Waals surface area contributed by atoms with Crippen LogP contribution in [0.4, 0.5) is 0 Å². The number of aliphatic hydroxyl groups excluding tert-OH is 8. The molecule has 64 heavy (non-hydrogen) atoms. The number of fused-ring (bicyclic) bond motifs is 2. The lowest BCUT2D eigenvalue weighted by atomic mass is 9.85. The minimum atomic E-state index is -1.92. The second-order valence-electron chi connectivity index (χ2n) is 15.9. The third kappa shape index (κ3) is 7.97. The quantitative estimate of drug-likeness (QED) is 0.0870. The highest BCUT2D eigenvalue weighted by Gasteiger charge is 2.49. The van der Waals surface area contributed by atoms with Gasteiger partial charge in [-0.2, -0.15) is 0 Å². The van der Waals surface area contributed by atoms with E-state index < -0.39 is 145 Å². The average Bonchev–Trinajstić information content (AvgIpc) is 3.26. The molecule has 0 radical (unpaired) electrons. The number of phenolic OH excluding ortho intramolecular Hbond substituents is 8. The first-order chi connectivity index (χ1) is 30.4. The van der Waals surface area contributed by atoms with Gasteiger partial charge in [0.1, 0.15) is 95.5 Å². The van der Waals surface area contributed by atoms with E-state index in [4.69, 9.17) is 28.4 Å². The SMILES string of the molecule is OC[C@H]1O[C@H](O[C@@H]2Cc3c(O)cc(O)c(-c4cc(O)c(O)cc4[C@H]4Oc5cc(O)cc(O)c5C[C@@H]4O[C@H]4O[C@H](CO)[C@@H](O)[C@@H](O)[C@H]4O)c3O[C@@H]2c2ccc(O)c(O)c2)[C@H](O)[C@@H](O)[C@H]1O. The van der Waals surface area contributed by atoms with Crippen LogP contribution in [0.3, 0.4) is 0 Å². The number of phenols is 8. The van der Waals surface area contributed by atoms with Crippen molar-refractivity contribution in [2.75, 3.05) is 13.2 Å². The smallest absolute Gasteiger partial charge is 0.187 e. The van der Waals surface area contributed by atoms with Crippen LogP contribution in [0.2, 0.25) is 0 Å². The summed E-state index contributed by atoms with van der Waals surface area (Å²) in [7, 11) is 0. The zero-order valence-electron chi connectivity index (χ0n) is 33.1. The van der Waals surface area contributed by atoms with E-state index in [0.717, 1.165) is 42.5 Å². The molecule has 22 heteroatoms. The van der Waals surface area contributed by atoms with E-state index in [9.17, 15) is 81.7 Å². The van der Waals surface area contributed by atoms with Crippen molar-refractivity contribution in [1.29, 1.82) is 0 Å². The van der Waals surface area contributed by atoms with Crippen LogP contribution in [0.15, 0.2) is 48.5 Å². The Hall–Kier alpha value is -5.60. The summed E-state index contributed by atoms with van der Waals surface area (Å²) >= 11 is 0. The second kappa shape index (κ2) is 17.4. The molecule has 8 rings (SSSR count). The highest BCUT2D eigenvalue weighted by Crippen LogP contribution is 2.55. The fourth-order valence-electron chi connectivity index (χ4n) is 8.47. The summed E-state index contributed by atoms with van der Waals surface area (Å²) in [5.74, 6) is -5.18. The summed E-state index contributed by atoms with van der Waals surface area (Å²) in [6.07, 6.45) is -23.7. The number of ether oxygens (including phenoxy) is 6. The molecular weight excluding hydrogens is 856 g/mol. The van der Waals surface area contributed by atoms with Crippen LogP contribution in [0, 0.1) is 0 Å². The molecule has 0 unspecified atom stereocenters. The fraction of sp³-hybridized carbons (Fsp3) is 0.429. The molecule has 346 valence electrons. The van der Waals surface area contributed by atoms with Crippen molar-refractivity contribution in [3.8, 4) is 68.6 Å². The number of rotatable bonds is 9. The number of benzene rings is 4. The predicted molar refractivity (Wildman–Crippen MR) is 210 cm³/mol. The van der Waals surface area contributed by atoms with E-state index in [1.165, 1.54) is 6.07 Å². The van der Waals surface area contributed by atoms with Crippen LogP contribution in [-0.2, 0) is 31.8 Å². The Bertz CT molecular complexity index is 2370. The van der Waals surface area contributed by atoms with E-state index in [1.54, 1.807) is 0 Å². The first-order valence-electron chi connectivity index (χ1n) is 19.9. The highest BCUT2D eigenvalue weighted by molar-refractivity contribution is 5.84. The molecule has 4 aromatic carbocycles. The molecule has 0 spiro atoms. The van der Waals surface area contributed by atoms with Crippen LogP contribution in [0.5, 0.6) is 57.5 Å². The molecule has 0 bridgehead atoms. The molecule has 4 aliphatic rings. The minimum absolute atomic E-state index is 0.0758. The maximum atomic E-state index is 11.7. The number of aromatic hydroxyl groups is 8. The lowest BCUT2D eigenvalue weighted by Crippen LogP contribution is -2.60. The number of hydrogen-bond acceptors (Lipinski definition) is 22. The minimum Gasteiger partial charge on any atom is -0.508 e. The van der Waals surface area contributed by atoms with Crippen molar-refractivity contribution in [2.24, 2.45) is 0 Å². The summed E-state index contributed by atoms with van der Waals surface area (Å²) < 4.78 is 36.3. The molecule has 0 aliphatic carbocycles. The Labute approximate surface area is 361 Å². The molecule has 22 nitrogen and oxygen atoms in total. The van der Waals surface area contributed by atoms with Gasteiger partial charge in [-0.1, -0.05) is 6.07 Å². The zero-order chi connectivity index (χ0) is 46.0. The van der Waals surface area contributed by atoms with E-state index in [1.807, 2.05) is 0 Å². The molecule has 14 atom stereocenters. The molecule has 2 saturated heterocycles. The average molecular weight is 903 g/mol. The standard InChI is InChI=1S/C42H46O22/c43-11-29-32(53)34(55)36(57)41(62-29)60-27-9-18-21(48)10-25(52)31(40(18)64-38(27)13-1-2-19(46)22(49)3-13)15-6-23(50)24(51)7-16(15)39-28(8-17-20(47)4-14(45)5-26(17)59-39)61-42-37(58)35(56)33(54)30(12-44)63-42/h1-7,10,27-30,32-39,41-58H,8-9,11-12H2/t27-,28+,29-,30-,32+,33-,34+,35-,36-,37-,38-,39-,41+,42+/m1/s1.